The molecule has 0 aromatic rings. The predicted octanol–water partition coefficient (Wildman–Crippen LogP) is 3.88. The quantitative estimate of drug-likeness (QED) is 0.236. The Balaban J connectivity index is 0.00000306. The van der Waals surface area contributed by atoms with E-state index in [1.807, 2.05) is 0 Å². The summed E-state index contributed by atoms with van der Waals surface area (Å²) in [6, 6.07) is 0. The number of rotatable bonds is 7. The van der Waals surface area contributed by atoms with E-state index in [0.29, 0.717) is 24.2 Å². The van der Waals surface area contributed by atoms with Gasteiger partial charge in [-0.3, -0.25) is 4.18 Å². The Bertz CT molecular complexity index is 824. The fourth-order valence-corrected chi connectivity index (χ4v) is 9.40. The average molecular weight is 489 g/mol. The van der Waals surface area contributed by atoms with Crippen LogP contribution in [0.5, 0.6) is 0 Å². The monoisotopic (exact) mass is 488 g/mol. The van der Waals surface area contributed by atoms with Crippen molar-refractivity contribution in [2.75, 3.05) is 0 Å². The zero-order valence-corrected chi connectivity index (χ0v) is 24.8. The van der Waals surface area contributed by atoms with Crippen molar-refractivity contribution >= 4 is 10.4 Å². The molecule has 0 aromatic carbocycles. The molecule has 33 heavy (non-hydrogen) atoms. The van der Waals surface area contributed by atoms with Crippen molar-refractivity contribution < 1.29 is 46.7 Å². The molecule has 0 aliphatic heterocycles. The molecule has 4 rings (SSSR count). The zero-order valence-electron chi connectivity index (χ0n) is 21.9. The first-order valence-electron chi connectivity index (χ1n) is 13.3. The summed E-state index contributed by atoms with van der Waals surface area (Å²) in [5.41, 5.74) is 1.99. The molecule has 3 fully saturated rings. The third-order valence-electron chi connectivity index (χ3n) is 10.5. The number of fused-ring (bicyclic) bond motifs is 5. The molecule has 4 nitrogen and oxygen atoms in total. The van der Waals surface area contributed by atoms with Gasteiger partial charge >= 0.3 is 29.6 Å². The Hall–Kier alpha value is 0.610. The largest absolute Gasteiger partial charge is 1.00 e. The Kier molecular flexibility index (Phi) is 9.00. The van der Waals surface area contributed by atoms with E-state index in [4.69, 9.17) is 4.18 Å². The van der Waals surface area contributed by atoms with E-state index in [-0.39, 0.29) is 35.0 Å². The summed E-state index contributed by atoms with van der Waals surface area (Å²) in [6.07, 6.45) is 14.8. The van der Waals surface area contributed by atoms with Gasteiger partial charge in [0.1, 0.15) is 0 Å². The normalized spacial score (nSPS) is 41.4. The van der Waals surface area contributed by atoms with Gasteiger partial charge in [-0.25, -0.2) is 8.42 Å². The maximum Gasteiger partial charge on any atom is 1.00 e. The van der Waals surface area contributed by atoms with Gasteiger partial charge in [-0.05, 0) is 97.7 Å². The Labute approximate surface area is 225 Å². The van der Waals surface area contributed by atoms with Crippen LogP contribution in [0.4, 0.5) is 0 Å². The van der Waals surface area contributed by atoms with E-state index in [1.165, 1.54) is 50.5 Å². The van der Waals surface area contributed by atoms with E-state index >= 15 is 0 Å². The van der Waals surface area contributed by atoms with Gasteiger partial charge in [-0.1, -0.05) is 65.5 Å². The molecule has 0 aromatic heterocycles. The van der Waals surface area contributed by atoms with Crippen molar-refractivity contribution in [1.29, 1.82) is 0 Å². The summed E-state index contributed by atoms with van der Waals surface area (Å²) in [4.78, 5) is 0. The third kappa shape index (κ3) is 5.64. The summed E-state index contributed by atoms with van der Waals surface area (Å²) in [5.74, 6) is 4.78. The van der Waals surface area contributed by atoms with Crippen LogP contribution in [0.15, 0.2) is 11.6 Å². The molecule has 184 valence electrons. The Morgan fingerprint density at radius 1 is 1.06 bits per heavy atom. The van der Waals surface area contributed by atoms with Crippen LogP contribution in [0.3, 0.4) is 0 Å². The second kappa shape index (κ2) is 10.5. The van der Waals surface area contributed by atoms with Gasteiger partial charge in [-0.15, -0.1) is 0 Å². The van der Waals surface area contributed by atoms with Crippen LogP contribution >= 0.6 is 0 Å². The summed E-state index contributed by atoms with van der Waals surface area (Å²) in [7, 11) is -4.63. The SMILES string of the molecule is CC(C)CCC[C@@H](C)C1CC[C@H]2[C@@H]3CC=C4C[C@@H](OS(=O)(=O)[O-])CC[C@]4(C)[C@H]3CC[C@]12C.[Na+]. The van der Waals surface area contributed by atoms with Gasteiger partial charge in [-0.2, -0.15) is 0 Å². The van der Waals surface area contributed by atoms with Crippen molar-refractivity contribution in [3.63, 3.8) is 0 Å². The van der Waals surface area contributed by atoms with E-state index < -0.39 is 16.5 Å². The van der Waals surface area contributed by atoms with E-state index in [0.717, 1.165) is 42.4 Å². The molecule has 0 radical (unpaired) electrons. The van der Waals surface area contributed by atoms with Crippen molar-refractivity contribution in [3.05, 3.63) is 11.6 Å². The van der Waals surface area contributed by atoms with E-state index in [2.05, 4.69) is 40.7 Å². The van der Waals surface area contributed by atoms with Crippen LogP contribution in [0, 0.1) is 46.3 Å². The standard InChI is InChI=1S/C27H46O4S.Na/c1-18(2)7-6-8-19(3)23-11-12-24-22-10-9-20-17-21(31-32(28,29)30)13-15-26(20,4)25(22)14-16-27(23,24)5;/h9,18-19,21-25H,6-8,10-17H2,1-5H3,(H,28,29,30);/q;+1/p-1/t19-,21+,22+,23?,24+,25+,26+,27-;/m1./s1. The third-order valence-corrected chi connectivity index (χ3v) is 11.0. The second-order valence-corrected chi connectivity index (χ2v) is 13.7. The summed E-state index contributed by atoms with van der Waals surface area (Å²) in [5, 5.41) is 0. The van der Waals surface area contributed by atoms with Crippen molar-refractivity contribution in [2.45, 2.75) is 111 Å². The van der Waals surface area contributed by atoms with Crippen LogP contribution in [-0.2, 0) is 14.6 Å². The molecule has 1 unspecified atom stereocenters. The fraction of sp³-hybridized carbons (Fsp3) is 0.926. The van der Waals surface area contributed by atoms with Crippen molar-refractivity contribution in [3.8, 4) is 0 Å². The maximum atomic E-state index is 11.1. The topological polar surface area (TPSA) is 66.4 Å². The molecule has 0 heterocycles. The van der Waals surface area contributed by atoms with Crippen LogP contribution in [0.25, 0.3) is 0 Å². The number of allylic oxidation sites excluding steroid dienone is 1. The van der Waals surface area contributed by atoms with Gasteiger partial charge in [0.15, 0.2) is 0 Å². The molecular formula is C27H45NaO4S. The molecule has 0 bridgehead atoms. The van der Waals surface area contributed by atoms with E-state index in [9.17, 15) is 13.0 Å². The predicted molar refractivity (Wildman–Crippen MR) is 128 cm³/mol. The average Bonchev–Trinajstić information content (AvgIpc) is 3.04. The molecule has 0 amide bonds. The first-order chi connectivity index (χ1) is 14.9. The van der Waals surface area contributed by atoms with Gasteiger partial charge in [0, 0.05) is 0 Å². The van der Waals surface area contributed by atoms with Crippen LogP contribution in [0.1, 0.15) is 105 Å². The molecule has 3 saturated carbocycles. The van der Waals surface area contributed by atoms with Gasteiger partial charge in [0.2, 0.25) is 10.4 Å². The van der Waals surface area contributed by atoms with Gasteiger partial charge in [0.05, 0.1) is 6.10 Å². The Morgan fingerprint density at radius 2 is 1.79 bits per heavy atom. The molecule has 0 saturated heterocycles. The summed E-state index contributed by atoms with van der Waals surface area (Å²) >= 11 is 0. The zero-order chi connectivity index (χ0) is 23.3. The molecule has 8 atom stereocenters. The molecule has 6 heteroatoms. The first-order valence-corrected chi connectivity index (χ1v) is 14.6. The molecule has 4 aliphatic carbocycles. The van der Waals surface area contributed by atoms with Gasteiger partial charge < -0.3 is 4.55 Å². The number of hydrogen-bond acceptors (Lipinski definition) is 4. The van der Waals surface area contributed by atoms with Crippen LogP contribution in [-0.4, -0.2) is 19.1 Å². The van der Waals surface area contributed by atoms with Crippen LogP contribution in [0.2, 0.25) is 0 Å². The second-order valence-electron chi connectivity index (χ2n) is 12.7. The smallest absolute Gasteiger partial charge is 0.726 e. The maximum absolute atomic E-state index is 11.1. The molecule has 0 spiro atoms. The molecule has 4 aliphatic rings. The Morgan fingerprint density at radius 3 is 2.45 bits per heavy atom. The van der Waals surface area contributed by atoms with Crippen molar-refractivity contribution in [2.24, 2.45) is 46.3 Å². The summed E-state index contributed by atoms with van der Waals surface area (Å²) < 4.78 is 38.2. The minimum absolute atomic E-state index is 0. The number of hydrogen-bond donors (Lipinski definition) is 0. The molecule has 0 N–H and O–H groups in total. The van der Waals surface area contributed by atoms with Crippen LogP contribution < -0.4 is 29.6 Å². The van der Waals surface area contributed by atoms with Gasteiger partial charge in [0.25, 0.3) is 0 Å². The van der Waals surface area contributed by atoms with E-state index in [1.54, 1.807) is 0 Å². The minimum Gasteiger partial charge on any atom is -0.726 e. The molecular weight excluding hydrogens is 443 g/mol. The summed E-state index contributed by atoms with van der Waals surface area (Å²) in [6.45, 7) is 12.2. The first kappa shape index (κ1) is 28.2. The van der Waals surface area contributed by atoms with Crippen molar-refractivity contribution in [1.82, 2.24) is 0 Å². The fourth-order valence-electron chi connectivity index (χ4n) is 8.90. The minimum atomic E-state index is -4.63.